The number of hydrogen-bond acceptors (Lipinski definition) is 6. The van der Waals surface area contributed by atoms with Crippen molar-refractivity contribution in [2.45, 2.75) is 6.54 Å². The normalized spacial score (nSPS) is 10.6. The summed E-state index contributed by atoms with van der Waals surface area (Å²) in [6.45, 7) is 0.562. The number of hydrogen-bond donors (Lipinski definition) is 1. The highest BCUT2D eigenvalue weighted by Crippen LogP contribution is 2.24. The zero-order valence-corrected chi connectivity index (χ0v) is 15.1. The number of carbonyl (C=O) groups is 1. The highest BCUT2D eigenvalue weighted by atomic mass is 16.5. The summed E-state index contributed by atoms with van der Waals surface area (Å²) >= 11 is 0. The molecular formula is C20H17N5O3. The van der Waals surface area contributed by atoms with Gasteiger partial charge in [-0.3, -0.25) is 4.79 Å². The maximum Gasteiger partial charge on any atom is 0.294 e. The van der Waals surface area contributed by atoms with E-state index in [1.807, 2.05) is 48.5 Å². The molecule has 4 rings (SSSR count). The van der Waals surface area contributed by atoms with Gasteiger partial charge in [-0.25, -0.2) is 9.67 Å². The Kier molecular flexibility index (Phi) is 4.83. The van der Waals surface area contributed by atoms with Crippen molar-refractivity contribution in [2.75, 3.05) is 12.4 Å². The fourth-order valence-electron chi connectivity index (χ4n) is 2.74. The van der Waals surface area contributed by atoms with Gasteiger partial charge in [0.2, 0.25) is 5.76 Å². The fourth-order valence-corrected chi connectivity index (χ4v) is 2.74. The molecule has 2 heterocycles. The maximum absolute atomic E-state index is 12.5. The van der Waals surface area contributed by atoms with Gasteiger partial charge in [-0.1, -0.05) is 29.4 Å². The number of rotatable bonds is 6. The van der Waals surface area contributed by atoms with Crippen LogP contribution in [0.15, 0.2) is 71.8 Å². The van der Waals surface area contributed by atoms with Crippen LogP contribution in [0.4, 0.5) is 5.69 Å². The largest absolute Gasteiger partial charge is 0.497 e. The molecule has 0 aliphatic carbocycles. The molecule has 8 nitrogen and oxygen atoms in total. The van der Waals surface area contributed by atoms with Crippen LogP contribution in [0.25, 0.3) is 11.3 Å². The molecule has 1 N–H and O–H groups in total. The van der Waals surface area contributed by atoms with E-state index in [9.17, 15) is 4.79 Å². The minimum Gasteiger partial charge on any atom is -0.497 e. The fraction of sp³-hybridized carbons (Fsp3) is 0.100. The summed E-state index contributed by atoms with van der Waals surface area (Å²) in [5, 5.41) is 10.9. The molecule has 0 unspecified atom stereocenters. The standard InChI is InChI=1S/C20H17N5O3/c1-27-17-7-3-5-15(9-17)18-10-19(28-24-18)20(26)23-16-6-2-4-14(8-16)11-25-13-21-12-22-25/h2-10,12-13H,11H2,1H3,(H,23,26). The lowest BCUT2D eigenvalue weighted by molar-refractivity contribution is 0.0988. The van der Waals surface area contributed by atoms with Gasteiger partial charge in [0.1, 0.15) is 24.1 Å². The van der Waals surface area contributed by atoms with Crippen LogP contribution >= 0.6 is 0 Å². The topological polar surface area (TPSA) is 95.1 Å². The van der Waals surface area contributed by atoms with Crippen LogP contribution in [0.1, 0.15) is 16.1 Å². The predicted octanol–water partition coefficient (Wildman–Crippen LogP) is 3.24. The lowest BCUT2D eigenvalue weighted by Crippen LogP contribution is -2.11. The molecule has 1 amide bonds. The minimum atomic E-state index is -0.375. The van der Waals surface area contributed by atoms with Crippen LogP contribution in [0.3, 0.4) is 0 Å². The summed E-state index contributed by atoms with van der Waals surface area (Å²) < 4.78 is 12.1. The van der Waals surface area contributed by atoms with Crippen LogP contribution in [-0.2, 0) is 6.54 Å². The Bertz CT molecular complexity index is 1090. The smallest absolute Gasteiger partial charge is 0.294 e. The Morgan fingerprint density at radius 3 is 2.89 bits per heavy atom. The van der Waals surface area contributed by atoms with E-state index in [2.05, 4.69) is 20.6 Å². The number of nitrogens with one attached hydrogen (secondary N) is 1. The lowest BCUT2D eigenvalue weighted by Gasteiger charge is -2.06. The van der Waals surface area contributed by atoms with E-state index in [4.69, 9.17) is 9.26 Å². The third-order valence-electron chi connectivity index (χ3n) is 4.10. The molecule has 0 aliphatic heterocycles. The number of benzene rings is 2. The predicted molar refractivity (Wildman–Crippen MR) is 102 cm³/mol. The SMILES string of the molecule is COc1cccc(-c2cc(C(=O)Nc3cccc(Cn4cncn4)c3)on2)c1. The molecule has 0 bridgehead atoms. The Morgan fingerprint density at radius 1 is 1.18 bits per heavy atom. The van der Waals surface area contributed by atoms with E-state index in [0.717, 1.165) is 11.1 Å². The highest BCUT2D eigenvalue weighted by molar-refractivity contribution is 6.02. The molecule has 2 aromatic heterocycles. The second-order valence-electron chi connectivity index (χ2n) is 6.06. The quantitative estimate of drug-likeness (QED) is 0.556. The van der Waals surface area contributed by atoms with Crippen molar-refractivity contribution in [1.29, 1.82) is 0 Å². The van der Waals surface area contributed by atoms with E-state index in [0.29, 0.717) is 23.7 Å². The van der Waals surface area contributed by atoms with E-state index < -0.39 is 0 Å². The molecular weight excluding hydrogens is 358 g/mol. The van der Waals surface area contributed by atoms with Gasteiger partial charge in [0.25, 0.3) is 5.91 Å². The molecule has 140 valence electrons. The Labute approximate surface area is 160 Å². The van der Waals surface area contributed by atoms with Crippen LogP contribution in [0.2, 0.25) is 0 Å². The van der Waals surface area contributed by atoms with Gasteiger partial charge in [-0.2, -0.15) is 5.10 Å². The summed E-state index contributed by atoms with van der Waals surface area (Å²) in [4.78, 5) is 16.4. The van der Waals surface area contributed by atoms with E-state index in [1.165, 1.54) is 6.33 Å². The number of amides is 1. The molecule has 2 aromatic carbocycles. The molecule has 0 aliphatic rings. The second kappa shape index (κ2) is 7.75. The average Bonchev–Trinajstić information content (AvgIpc) is 3.40. The number of aromatic nitrogens is 4. The molecule has 8 heteroatoms. The molecule has 0 saturated carbocycles. The first-order valence-electron chi connectivity index (χ1n) is 8.55. The Hall–Kier alpha value is -3.94. The second-order valence-corrected chi connectivity index (χ2v) is 6.06. The van der Waals surface area contributed by atoms with Crippen molar-refractivity contribution in [2.24, 2.45) is 0 Å². The van der Waals surface area contributed by atoms with Crippen LogP contribution in [0, 0.1) is 0 Å². The minimum absolute atomic E-state index is 0.125. The van der Waals surface area contributed by atoms with Gasteiger partial charge in [-0.05, 0) is 29.8 Å². The zero-order valence-electron chi connectivity index (χ0n) is 15.1. The van der Waals surface area contributed by atoms with Gasteiger partial charge >= 0.3 is 0 Å². The van der Waals surface area contributed by atoms with Crippen LogP contribution in [0.5, 0.6) is 5.75 Å². The van der Waals surface area contributed by atoms with E-state index >= 15 is 0 Å². The summed E-state index contributed by atoms with van der Waals surface area (Å²) in [6.07, 6.45) is 3.12. The zero-order chi connectivity index (χ0) is 19.3. The first kappa shape index (κ1) is 17.5. The molecule has 4 aromatic rings. The van der Waals surface area contributed by atoms with Crippen LogP contribution in [-0.4, -0.2) is 32.9 Å². The highest BCUT2D eigenvalue weighted by Gasteiger charge is 2.15. The number of methoxy groups -OCH3 is 1. The summed E-state index contributed by atoms with van der Waals surface area (Å²) in [5.41, 5.74) is 3.00. The van der Waals surface area contributed by atoms with Crippen molar-refractivity contribution < 1.29 is 14.1 Å². The van der Waals surface area contributed by atoms with Gasteiger partial charge in [-0.15, -0.1) is 0 Å². The molecule has 0 saturated heterocycles. The summed E-state index contributed by atoms with van der Waals surface area (Å²) in [6, 6.07) is 16.5. The van der Waals surface area contributed by atoms with Gasteiger partial charge in [0.15, 0.2) is 0 Å². The monoisotopic (exact) mass is 375 g/mol. The van der Waals surface area contributed by atoms with E-state index in [-0.39, 0.29) is 11.7 Å². The Morgan fingerprint density at radius 2 is 2.07 bits per heavy atom. The number of ether oxygens (including phenoxy) is 1. The lowest BCUT2D eigenvalue weighted by atomic mass is 10.1. The summed E-state index contributed by atoms with van der Waals surface area (Å²) in [7, 11) is 1.60. The average molecular weight is 375 g/mol. The number of carbonyl (C=O) groups excluding carboxylic acids is 1. The van der Waals surface area contributed by atoms with E-state index in [1.54, 1.807) is 24.2 Å². The molecule has 0 spiro atoms. The molecule has 0 fully saturated rings. The molecule has 28 heavy (non-hydrogen) atoms. The molecule has 0 radical (unpaired) electrons. The Balaban J connectivity index is 1.47. The van der Waals surface area contributed by atoms with Crippen molar-refractivity contribution in [3.05, 3.63) is 78.6 Å². The van der Waals surface area contributed by atoms with Crippen molar-refractivity contribution in [1.82, 2.24) is 19.9 Å². The number of anilines is 1. The van der Waals surface area contributed by atoms with Crippen molar-refractivity contribution >= 4 is 11.6 Å². The first-order valence-corrected chi connectivity index (χ1v) is 8.55. The van der Waals surface area contributed by atoms with Crippen molar-refractivity contribution in [3.8, 4) is 17.0 Å². The van der Waals surface area contributed by atoms with Gasteiger partial charge in [0.05, 0.1) is 13.7 Å². The summed E-state index contributed by atoms with van der Waals surface area (Å²) in [5.74, 6) is 0.453. The number of nitrogens with zero attached hydrogens (tertiary/aromatic N) is 4. The van der Waals surface area contributed by atoms with Gasteiger partial charge in [0, 0.05) is 17.3 Å². The van der Waals surface area contributed by atoms with Gasteiger partial charge < -0.3 is 14.6 Å². The first-order chi connectivity index (χ1) is 13.7. The maximum atomic E-state index is 12.5. The third kappa shape index (κ3) is 3.90. The third-order valence-corrected chi connectivity index (χ3v) is 4.10. The molecule has 0 atom stereocenters. The van der Waals surface area contributed by atoms with Crippen LogP contribution < -0.4 is 10.1 Å². The van der Waals surface area contributed by atoms with Crippen molar-refractivity contribution in [3.63, 3.8) is 0 Å².